The number of rotatable bonds is 4. The molecule has 2 rings (SSSR count). The second-order valence-corrected chi connectivity index (χ2v) is 4.76. The van der Waals surface area contributed by atoms with E-state index >= 15 is 0 Å². The Morgan fingerprint density at radius 2 is 1.85 bits per heavy atom. The molecule has 0 unspecified atom stereocenters. The van der Waals surface area contributed by atoms with E-state index < -0.39 is 0 Å². The first kappa shape index (κ1) is 13.9. The highest BCUT2D eigenvalue weighted by Crippen LogP contribution is 2.28. The standard InChI is InChI=1S/C15H17N3O2/c1-10-7-14(15(18(19)20)8-11(10)2)17-9-12-5-3-4-6-13(12)16/h3-8,17H,9,16H2,1-2H3. The van der Waals surface area contributed by atoms with Crippen molar-refractivity contribution < 1.29 is 4.92 Å². The molecule has 0 fully saturated rings. The number of hydrogen-bond acceptors (Lipinski definition) is 4. The van der Waals surface area contributed by atoms with Gasteiger partial charge in [-0.05, 0) is 42.7 Å². The van der Waals surface area contributed by atoms with E-state index in [2.05, 4.69) is 5.32 Å². The van der Waals surface area contributed by atoms with E-state index in [4.69, 9.17) is 5.73 Å². The Hall–Kier alpha value is -2.56. The van der Waals surface area contributed by atoms with E-state index in [-0.39, 0.29) is 10.6 Å². The molecular formula is C15H17N3O2. The van der Waals surface area contributed by atoms with Gasteiger partial charge in [-0.1, -0.05) is 18.2 Å². The summed E-state index contributed by atoms with van der Waals surface area (Å²) in [6.07, 6.45) is 0. The van der Waals surface area contributed by atoms with E-state index in [0.29, 0.717) is 17.9 Å². The van der Waals surface area contributed by atoms with Gasteiger partial charge in [0.1, 0.15) is 5.69 Å². The van der Waals surface area contributed by atoms with Crippen LogP contribution in [0.3, 0.4) is 0 Å². The second kappa shape index (κ2) is 5.61. The van der Waals surface area contributed by atoms with Crippen LogP contribution in [-0.2, 0) is 6.54 Å². The average Bonchev–Trinajstić information content (AvgIpc) is 2.41. The Balaban J connectivity index is 2.27. The Morgan fingerprint density at radius 3 is 2.50 bits per heavy atom. The third-order valence-corrected chi connectivity index (χ3v) is 3.33. The predicted molar refractivity (Wildman–Crippen MR) is 80.8 cm³/mol. The molecule has 2 aromatic rings. The number of para-hydroxylation sites is 1. The maximum Gasteiger partial charge on any atom is 0.292 e. The first-order chi connectivity index (χ1) is 9.49. The van der Waals surface area contributed by atoms with Crippen LogP contribution in [0.4, 0.5) is 17.1 Å². The Labute approximate surface area is 117 Å². The van der Waals surface area contributed by atoms with Crippen LogP contribution >= 0.6 is 0 Å². The van der Waals surface area contributed by atoms with Crippen LogP contribution < -0.4 is 11.1 Å². The molecule has 0 spiro atoms. The topological polar surface area (TPSA) is 81.2 Å². The Kier molecular flexibility index (Phi) is 3.89. The molecular weight excluding hydrogens is 254 g/mol. The average molecular weight is 271 g/mol. The van der Waals surface area contributed by atoms with E-state index in [1.807, 2.05) is 38.1 Å². The van der Waals surface area contributed by atoms with Crippen molar-refractivity contribution in [3.63, 3.8) is 0 Å². The molecule has 20 heavy (non-hydrogen) atoms. The molecule has 5 heteroatoms. The van der Waals surface area contributed by atoms with E-state index in [1.54, 1.807) is 12.1 Å². The monoisotopic (exact) mass is 271 g/mol. The molecule has 0 aliphatic rings. The fraction of sp³-hybridized carbons (Fsp3) is 0.200. The van der Waals surface area contributed by atoms with Crippen molar-refractivity contribution in [1.82, 2.24) is 0 Å². The summed E-state index contributed by atoms with van der Waals surface area (Å²) in [5, 5.41) is 14.2. The van der Waals surface area contributed by atoms with Gasteiger partial charge in [0.25, 0.3) is 5.69 Å². The fourth-order valence-electron chi connectivity index (χ4n) is 1.98. The van der Waals surface area contributed by atoms with Crippen LogP contribution in [0.2, 0.25) is 0 Å². The Bertz CT molecular complexity index is 654. The van der Waals surface area contributed by atoms with Gasteiger partial charge in [0, 0.05) is 18.3 Å². The number of anilines is 2. The molecule has 3 N–H and O–H groups in total. The first-order valence-corrected chi connectivity index (χ1v) is 6.32. The van der Waals surface area contributed by atoms with Crippen molar-refractivity contribution in [3.05, 3.63) is 63.2 Å². The van der Waals surface area contributed by atoms with Gasteiger partial charge in [-0.2, -0.15) is 0 Å². The molecule has 0 saturated carbocycles. The summed E-state index contributed by atoms with van der Waals surface area (Å²) in [6.45, 7) is 4.25. The number of hydrogen-bond donors (Lipinski definition) is 2. The quantitative estimate of drug-likeness (QED) is 0.507. The lowest BCUT2D eigenvalue weighted by Crippen LogP contribution is -2.05. The molecule has 0 amide bonds. The summed E-state index contributed by atoms with van der Waals surface area (Å²) in [6, 6.07) is 10.8. The molecule has 5 nitrogen and oxygen atoms in total. The number of nitro groups is 1. The molecule has 0 aromatic heterocycles. The minimum Gasteiger partial charge on any atom is -0.398 e. The van der Waals surface area contributed by atoms with Crippen molar-refractivity contribution in [3.8, 4) is 0 Å². The zero-order chi connectivity index (χ0) is 14.7. The van der Waals surface area contributed by atoms with Crippen molar-refractivity contribution in [2.75, 3.05) is 11.1 Å². The zero-order valence-corrected chi connectivity index (χ0v) is 11.5. The molecule has 2 aromatic carbocycles. The number of nitro benzene ring substituents is 1. The van der Waals surface area contributed by atoms with E-state index in [9.17, 15) is 10.1 Å². The van der Waals surface area contributed by atoms with Crippen LogP contribution in [0.25, 0.3) is 0 Å². The molecule has 0 radical (unpaired) electrons. The van der Waals surface area contributed by atoms with E-state index in [1.165, 1.54) is 0 Å². The summed E-state index contributed by atoms with van der Waals surface area (Å²) in [4.78, 5) is 10.7. The lowest BCUT2D eigenvalue weighted by Gasteiger charge is -2.11. The van der Waals surface area contributed by atoms with Gasteiger partial charge in [-0.25, -0.2) is 0 Å². The molecule has 0 bridgehead atoms. The number of nitrogen functional groups attached to an aromatic ring is 1. The lowest BCUT2D eigenvalue weighted by atomic mass is 10.1. The second-order valence-electron chi connectivity index (χ2n) is 4.76. The SMILES string of the molecule is Cc1cc(NCc2ccccc2N)c([N+](=O)[O-])cc1C. The third kappa shape index (κ3) is 2.88. The van der Waals surface area contributed by atoms with Crippen LogP contribution in [0.5, 0.6) is 0 Å². The van der Waals surface area contributed by atoms with Crippen LogP contribution in [0.15, 0.2) is 36.4 Å². The minimum absolute atomic E-state index is 0.0857. The predicted octanol–water partition coefficient (Wildman–Crippen LogP) is 3.41. The van der Waals surface area contributed by atoms with E-state index in [0.717, 1.165) is 16.7 Å². The molecule has 0 aliphatic carbocycles. The number of aryl methyl sites for hydroxylation is 2. The summed E-state index contributed by atoms with van der Waals surface area (Å²) in [5.41, 5.74) is 9.97. The van der Waals surface area contributed by atoms with Gasteiger partial charge in [-0.3, -0.25) is 10.1 Å². The van der Waals surface area contributed by atoms with Crippen LogP contribution in [0, 0.1) is 24.0 Å². The molecule has 0 atom stereocenters. The smallest absolute Gasteiger partial charge is 0.292 e. The minimum atomic E-state index is -0.372. The van der Waals surface area contributed by atoms with Gasteiger partial charge in [0.15, 0.2) is 0 Å². The number of benzene rings is 2. The number of nitrogens with two attached hydrogens (primary N) is 1. The highest BCUT2D eigenvalue weighted by Gasteiger charge is 2.15. The highest BCUT2D eigenvalue weighted by molar-refractivity contribution is 5.65. The molecule has 104 valence electrons. The van der Waals surface area contributed by atoms with Crippen LogP contribution in [0.1, 0.15) is 16.7 Å². The summed E-state index contributed by atoms with van der Waals surface area (Å²) >= 11 is 0. The largest absolute Gasteiger partial charge is 0.398 e. The normalized spacial score (nSPS) is 10.3. The van der Waals surface area contributed by atoms with Crippen molar-refractivity contribution >= 4 is 17.1 Å². The number of nitrogens with one attached hydrogen (secondary N) is 1. The summed E-state index contributed by atoms with van der Waals surface area (Å²) in [7, 11) is 0. The van der Waals surface area contributed by atoms with Gasteiger partial charge >= 0.3 is 0 Å². The number of nitrogens with zero attached hydrogens (tertiary/aromatic N) is 1. The Morgan fingerprint density at radius 1 is 1.20 bits per heavy atom. The third-order valence-electron chi connectivity index (χ3n) is 3.33. The van der Waals surface area contributed by atoms with Gasteiger partial charge in [0.2, 0.25) is 0 Å². The van der Waals surface area contributed by atoms with Gasteiger partial charge in [-0.15, -0.1) is 0 Å². The van der Waals surface area contributed by atoms with Crippen molar-refractivity contribution in [1.29, 1.82) is 0 Å². The molecule has 0 aliphatic heterocycles. The first-order valence-electron chi connectivity index (χ1n) is 6.32. The summed E-state index contributed by atoms with van der Waals surface area (Å²) in [5.74, 6) is 0. The van der Waals surface area contributed by atoms with Crippen molar-refractivity contribution in [2.45, 2.75) is 20.4 Å². The fourth-order valence-corrected chi connectivity index (χ4v) is 1.98. The lowest BCUT2D eigenvalue weighted by molar-refractivity contribution is -0.384. The molecule has 0 saturated heterocycles. The zero-order valence-electron chi connectivity index (χ0n) is 11.5. The van der Waals surface area contributed by atoms with Gasteiger partial charge in [0.05, 0.1) is 4.92 Å². The van der Waals surface area contributed by atoms with Crippen LogP contribution in [-0.4, -0.2) is 4.92 Å². The maximum absolute atomic E-state index is 11.1. The highest BCUT2D eigenvalue weighted by atomic mass is 16.6. The van der Waals surface area contributed by atoms with Gasteiger partial charge < -0.3 is 11.1 Å². The van der Waals surface area contributed by atoms with Crippen molar-refractivity contribution in [2.24, 2.45) is 0 Å². The maximum atomic E-state index is 11.1. The molecule has 0 heterocycles. The summed E-state index contributed by atoms with van der Waals surface area (Å²) < 4.78 is 0.